The smallest absolute Gasteiger partial charge is 0.255 e. The molecule has 6 heteroatoms. The first-order chi connectivity index (χ1) is 13.6. The van der Waals surface area contributed by atoms with Crippen molar-refractivity contribution in [1.29, 1.82) is 0 Å². The summed E-state index contributed by atoms with van der Waals surface area (Å²) in [5.41, 5.74) is 1.73. The van der Waals surface area contributed by atoms with Crippen LogP contribution in [0.2, 0.25) is 0 Å². The van der Waals surface area contributed by atoms with Gasteiger partial charge < -0.3 is 14.8 Å². The molecule has 5 nitrogen and oxygen atoms in total. The lowest BCUT2D eigenvalue weighted by atomic mass is 10.0. The summed E-state index contributed by atoms with van der Waals surface area (Å²) in [6.07, 6.45) is 0. The van der Waals surface area contributed by atoms with Crippen molar-refractivity contribution in [2.45, 2.75) is 0 Å². The van der Waals surface area contributed by atoms with Crippen molar-refractivity contribution >= 4 is 33.3 Å². The topological polar surface area (TPSA) is 64.6 Å². The molecule has 0 unspecified atom stereocenters. The fraction of sp³-hybridized carbons (Fsp3) is 0.0909. The van der Waals surface area contributed by atoms with Gasteiger partial charge in [-0.3, -0.25) is 9.59 Å². The molecule has 1 N–H and O–H groups in total. The number of fused-ring (bicyclic) bond motifs is 1. The first kappa shape index (κ1) is 18.3. The highest BCUT2D eigenvalue weighted by atomic mass is 79.9. The molecule has 3 aromatic rings. The first-order valence-corrected chi connectivity index (χ1v) is 9.51. The van der Waals surface area contributed by atoms with Gasteiger partial charge >= 0.3 is 0 Å². The number of benzene rings is 3. The van der Waals surface area contributed by atoms with Gasteiger partial charge in [0.1, 0.15) is 13.2 Å². The highest BCUT2D eigenvalue weighted by Crippen LogP contribution is 2.37. The van der Waals surface area contributed by atoms with Crippen molar-refractivity contribution < 1.29 is 19.1 Å². The van der Waals surface area contributed by atoms with Gasteiger partial charge in [-0.25, -0.2) is 0 Å². The predicted octanol–water partition coefficient (Wildman–Crippen LogP) is 4.70. The summed E-state index contributed by atoms with van der Waals surface area (Å²) in [6.45, 7) is 0.827. The Balaban J connectivity index is 1.74. The van der Waals surface area contributed by atoms with Gasteiger partial charge in [-0.2, -0.15) is 0 Å². The molecule has 0 saturated heterocycles. The Bertz CT molecular complexity index is 1030. The molecule has 0 aromatic heterocycles. The zero-order chi connectivity index (χ0) is 19.5. The van der Waals surface area contributed by atoms with E-state index in [9.17, 15) is 9.59 Å². The van der Waals surface area contributed by atoms with Crippen LogP contribution in [0.25, 0.3) is 0 Å². The third-order valence-electron chi connectivity index (χ3n) is 4.32. The van der Waals surface area contributed by atoms with Gasteiger partial charge in [0, 0.05) is 21.7 Å². The third kappa shape index (κ3) is 3.77. The Morgan fingerprint density at radius 3 is 2.14 bits per heavy atom. The van der Waals surface area contributed by atoms with Gasteiger partial charge in [-0.15, -0.1) is 0 Å². The number of ether oxygens (including phenoxy) is 2. The second-order valence-electron chi connectivity index (χ2n) is 6.20. The average molecular weight is 438 g/mol. The molecule has 0 radical (unpaired) electrons. The van der Waals surface area contributed by atoms with E-state index in [1.807, 2.05) is 6.07 Å². The summed E-state index contributed by atoms with van der Waals surface area (Å²) < 4.78 is 12.1. The molecule has 4 rings (SSSR count). The van der Waals surface area contributed by atoms with Gasteiger partial charge in [0.05, 0.1) is 11.3 Å². The summed E-state index contributed by atoms with van der Waals surface area (Å²) in [6, 6.07) is 19.1. The number of carbonyl (C=O) groups is 2. The summed E-state index contributed by atoms with van der Waals surface area (Å²) >= 11 is 3.37. The molecule has 1 amide bonds. The minimum Gasteiger partial charge on any atom is -0.486 e. The SMILES string of the molecule is O=C(Nc1cc2c(cc1C(=O)c1ccc(Br)cc1)OCCO2)c1ccccc1. The Morgan fingerprint density at radius 1 is 0.821 bits per heavy atom. The monoisotopic (exact) mass is 437 g/mol. The van der Waals surface area contributed by atoms with Crippen LogP contribution in [0.4, 0.5) is 5.69 Å². The third-order valence-corrected chi connectivity index (χ3v) is 4.85. The maximum atomic E-state index is 13.1. The Labute approximate surface area is 170 Å². The van der Waals surface area contributed by atoms with Crippen molar-refractivity contribution in [3.05, 3.63) is 87.9 Å². The van der Waals surface area contributed by atoms with E-state index in [0.717, 1.165) is 4.47 Å². The fourth-order valence-corrected chi connectivity index (χ4v) is 3.19. The summed E-state index contributed by atoms with van der Waals surface area (Å²) in [4.78, 5) is 25.8. The van der Waals surface area contributed by atoms with Gasteiger partial charge in [0.25, 0.3) is 5.91 Å². The molecule has 0 aliphatic carbocycles. The van der Waals surface area contributed by atoms with Crippen molar-refractivity contribution in [2.75, 3.05) is 18.5 Å². The number of hydrogen-bond donors (Lipinski definition) is 1. The molecule has 0 spiro atoms. The van der Waals surface area contributed by atoms with Crippen molar-refractivity contribution in [3.63, 3.8) is 0 Å². The lowest BCUT2D eigenvalue weighted by molar-refractivity contribution is 0.102. The van der Waals surface area contributed by atoms with Crippen LogP contribution in [0.1, 0.15) is 26.3 Å². The molecular formula is C22H16BrNO4. The van der Waals surface area contributed by atoms with Gasteiger partial charge in [-0.1, -0.05) is 34.1 Å². The molecule has 0 atom stereocenters. The number of anilines is 1. The molecule has 140 valence electrons. The van der Waals surface area contributed by atoms with Crippen molar-refractivity contribution in [3.8, 4) is 11.5 Å². The van der Waals surface area contributed by atoms with E-state index < -0.39 is 0 Å². The van der Waals surface area contributed by atoms with E-state index in [-0.39, 0.29) is 11.7 Å². The van der Waals surface area contributed by atoms with E-state index in [2.05, 4.69) is 21.2 Å². The minimum atomic E-state index is -0.304. The number of nitrogens with one attached hydrogen (secondary N) is 1. The van der Waals surface area contributed by atoms with Crippen LogP contribution >= 0.6 is 15.9 Å². The number of rotatable bonds is 4. The number of ketones is 1. The molecule has 28 heavy (non-hydrogen) atoms. The van der Waals surface area contributed by atoms with Crippen LogP contribution in [-0.4, -0.2) is 24.9 Å². The van der Waals surface area contributed by atoms with Crippen LogP contribution in [0.3, 0.4) is 0 Å². The summed E-state index contributed by atoms with van der Waals surface area (Å²) in [5, 5.41) is 2.83. The lowest BCUT2D eigenvalue weighted by Gasteiger charge is -2.21. The van der Waals surface area contributed by atoms with Gasteiger partial charge in [0.2, 0.25) is 0 Å². The number of carbonyl (C=O) groups excluding carboxylic acids is 2. The maximum Gasteiger partial charge on any atom is 0.255 e. The molecule has 1 aliphatic rings. The van der Waals surface area contributed by atoms with Crippen LogP contribution < -0.4 is 14.8 Å². The molecule has 1 heterocycles. The average Bonchev–Trinajstić information content (AvgIpc) is 2.74. The zero-order valence-electron chi connectivity index (χ0n) is 14.8. The maximum absolute atomic E-state index is 13.1. The van der Waals surface area contributed by atoms with Gasteiger partial charge in [0.15, 0.2) is 17.3 Å². The molecule has 0 fully saturated rings. The number of amides is 1. The van der Waals surface area contributed by atoms with E-state index in [1.165, 1.54) is 0 Å². The second kappa shape index (κ2) is 7.86. The first-order valence-electron chi connectivity index (χ1n) is 8.72. The molecule has 1 aliphatic heterocycles. The Kier molecular flexibility index (Phi) is 5.12. The van der Waals surface area contributed by atoms with Crippen LogP contribution in [0.5, 0.6) is 11.5 Å². The quantitative estimate of drug-likeness (QED) is 0.600. The van der Waals surface area contributed by atoms with Gasteiger partial charge in [-0.05, 0) is 42.5 Å². The molecular weight excluding hydrogens is 422 g/mol. The summed E-state index contributed by atoms with van der Waals surface area (Å²) in [7, 11) is 0. The highest BCUT2D eigenvalue weighted by Gasteiger charge is 2.22. The van der Waals surface area contributed by atoms with Crippen LogP contribution in [-0.2, 0) is 0 Å². The van der Waals surface area contributed by atoms with Crippen LogP contribution in [0, 0.1) is 0 Å². The van der Waals surface area contributed by atoms with E-state index in [4.69, 9.17) is 9.47 Å². The van der Waals surface area contributed by atoms with Crippen LogP contribution in [0.15, 0.2) is 71.2 Å². The van der Waals surface area contributed by atoms with Crippen molar-refractivity contribution in [2.24, 2.45) is 0 Å². The van der Waals surface area contributed by atoms with E-state index >= 15 is 0 Å². The zero-order valence-corrected chi connectivity index (χ0v) is 16.4. The second-order valence-corrected chi connectivity index (χ2v) is 7.11. The normalized spacial score (nSPS) is 12.3. The molecule has 0 bridgehead atoms. The highest BCUT2D eigenvalue weighted by molar-refractivity contribution is 9.10. The van der Waals surface area contributed by atoms with E-state index in [0.29, 0.717) is 47.1 Å². The fourth-order valence-electron chi connectivity index (χ4n) is 2.92. The molecule has 3 aromatic carbocycles. The number of hydrogen-bond acceptors (Lipinski definition) is 4. The Morgan fingerprint density at radius 2 is 1.46 bits per heavy atom. The lowest BCUT2D eigenvalue weighted by Crippen LogP contribution is -2.19. The number of halogens is 1. The Hall–Kier alpha value is -3.12. The van der Waals surface area contributed by atoms with E-state index in [1.54, 1.807) is 60.7 Å². The standard InChI is InChI=1S/C22H16BrNO4/c23-16-8-6-14(7-9-16)21(25)17-12-19-20(28-11-10-27-19)13-18(17)24-22(26)15-4-2-1-3-5-15/h1-9,12-13H,10-11H2,(H,24,26). The minimum absolute atomic E-state index is 0.215. The summed E-state index contributed by atoms with van der Waals surface area (Å²) in [5.74, 6) is 0.473. The predicted molar refractivity (Wildman–Crippen MR) is 109 cm³/mol. The van der Waals surface area contributed by atoms with Crippen molar-refractivity contribution in [1.82, 2.24) is 0 Å². The largest absolute Gasteiger partial charge is 0.486 e. The molecule has 0 saturated carbocycles.